The van der Waals surface area contributed by atoms with Crippen molar-refractivity contribution in [2.75, 3.05) is 20.2 Å². The molecular formula is C22H30N4O3. The zero-order valence-electron chi connectivity index (χ0n) is 17.3. The summed E-state index contributed by atoms with van der Waals surface area (Å²) in [7, 11) is 1.64. The first-order chi connectivity index (χ1) is 14.2. The van der Waals surface area contributed by atoms with Crippen molar-refractivity contribution in [2.24, 2.45) is 0 Å². The van der Waals surface area contributed by atoms with E-state index in [2.05, 4.69) is 22.1 Å². The van der Waals surface area contributed by atoms with E-state index < -0.39 is 0 Å². The van der Waals surface area contributed by atoms with Gasteiger partial charge in [0.15, 0.2) is 17.3 Å². The molecule has 0 spiro atoms. The number of ether oxygens (including phenoxy) is 2. The monoisotopic (exact) mass is 398 g/mol. The number of hydrogen-bond acceptors (Lipinski definition) is 5. The lowest BCUT2D eigenvalue weighted by molar-refractivity contribution is 0.0710. The highest BCUT2D eigenvalue weighted by atomic mass is 16.5. The van der Waals surface area contributed by atoms with Gasteiger partial charge in [0.25, 0.3) is 5.91 Å². The van der Waals surface area contributed by atoms with E-state index in [1.165, 1.54) is 12.8 Å². The average molecular weight is 399 g/mol. The molecule has 2 aromatic rings. The lowest BCUT2D eigenvalue weighted by Gasteiger charge is -2.31. The Morgan fingerprint density at radius 3 is 2.59 bits per heavy atom. The van der Waals surface area contributed by atoms with E-state index in [9.17, 15) is 4.79 Å². The minimum atomic E-state index is 0.0478. The van der Waals surface area contributed by atoms with Crippen molar-refractivity contribution >= 4 is 5.91 Å². The minimum absolute atomic E-state index is 0.0478. The number of amides is 1. The molecule has 0 bridgehead atoms. The lowest BCUT2D eigenvalue weighted by atomic mass is 9.95. The van der Waals surface area contributed by atoms with E-state index in [0.29, 0.717) is 36.1 Å². The number of hydrogen-bond donors (Lipinski definition) is 1. The summed E-state index contributed by atoms with van der Waals surface area (Å²) < 4.78 is 11.6. The largest absolute Gasteiger partial charge is 0.493 e. The van der Waals surface area contributed by atoms with Crippen molar-refractivity contribution < 1.29 is 14.3 Å². The molecule has 2 fully saturated rings. The van der Waals surface area contributed by atoms with Gasteiger partial charge in [-0.3, -0.25) is 9.89 Å². The van der Waals surface area contributed by atoms with Crippen molar-refractivity contribution in [3.8, 4) is 11.5 Å². The van der Waals surface area contributed by atoms with Crippen LogP contribution >= 0.6 is 0 Å². The number of carbonyl (C=O) groups excluding carboxylic acids is 1. The van der Waals surface area contributed by atoms with Crippen LogP contribution in [0.3, 0.4) is 0 Å². The fourth-order valence-electron chi connectivity index (χ4n) is 4.26. The number of nitrogens with one attached hydrogen (secondary N) is 1. The highest BCUT2D eigenvalue weighted by Crippen LogP contribution is 2.33. The smallest absolute Gasteiger partial charge is 0.253 e. The second-order valence-corrected chi connectivity index (χ2v) is 7.95. The summed E-state index contributed by atoms with van der Waals surface area (Å²) in [5.74, 6) is 3.52. The minimum Gasteiger partial charge on any atom is -0.493 e. The zero-order chi connectivity index (χ0) is 20.2. The number of methoxy groups -OCH3 is 1. The Labute approximate surface area is 171 Å². The number of aromatic nitrogens is 3. The highest BCUT2D eigenvalue weighted by molar-refractivity contribution is 5.95. The third kappa shape index (κ3) is 4.38. The SMILES string of the molecule is CCc1nc(C2CCN(C(=O)c3ccc(OC)c(OC4CCCC4)c3)CC2)n[nH]1. The first-order valence-electron chi connectivity index (χ1n) is 10.7. The number of piperidine rings is 1. The quantitative estimate of drug-likeness (QED) is 0.802. The summed E-state index contributed by atoms with van der Waals surface area (Å²) in [6, 6.07) is 5.51. The predicted octanol–water partition coefficient (Wildman–Crippen LogP) is 3.72. The molecule has 0 unspecified atom stereocenters. The molecule has 4 rings (SSSR count). The van der Waals surface area contributed by atoms with Gasteiger partial charge < -0.3 is 14.4 Å². The molecule has 1 N–H and O–H groups in total. The molecule has 0 radical (unpaired) electrons. The molecule has 1 aliphatic carbocycles. The van der Waals surface area contributed by atoms with Crippen LogP contribution in [0.4, 0.5) is 0 Å². The molecule has 156 valence electrons. The maximum atomic E-state index is 13.1. The van der Waals surface area contributed by atoms with Crippen LogP contribution in [0.25, 0.3) is 0 Å². The van der Waals surface area contributed by atoms with E-state index in [1.54, 1.807) is 7.11 Å². The Morgan fingerprint density at radius 2 is 1.93 bits per heavy atom. The maximum Gasteiger partial charge on any atom is 0.253 e. The standard InChI is InChI=1S/C22H30N4O3/c1-3-20-23-21(25-24-20)15-10-12-26(13-11-15)22(27)16-8-9-18(28-2)19(14-16)29-17-6-4-5-7-17/h8-9,14-15,17H,3-7,10-13H2,1-2H3,(H,23,24,25). The summed E-state index contributed by atoms with van der Waals surface area (Å²) in [4.78, 5) is 19.6. The van der Waals surface area contributed by atoms with Gasteiger partial charge >= 0.3 is 0 Å². The Hall–Kier alpha value is -2.57. The molecule has 1 amide bonds. The number of benzene rings is 1. The van der Waals surface area contributed by atoms with Gasteiger partial charge in [-0.05, 0) is 56.7 Å². The van der Waals surface area contributed by atoms with Crippen LogP contribution < -0.4 is 9.47 Å². The number of aryl methyl sites for hydroxylation is 1. The van der Waals surface area contributed by atoms with E-state index in [-0.39, 0.29) is 12.0 Å². The van der Waals surface area contributed by atoms with E-state index in [1.807, 2.05) is 23.1 Å². The molecule has 1 saturated carbocycles. The van der Waals surface area contributed by atoms with Crippen molar-refractivity contribution in [1.82, 2.24) is 20.1 Å². The summed E-state index contributed by atoms with van der Waals surface area (Å²) in [5, 5.41) is 7.34. The van der Waals surface area contributed by atoms with Gasteiger partial charge in [-0.2, -0.15) is 5.10 Å². The van der Waals surface area contributed by atoms with Crippen molar-refractivity contribution in [3.05, 3.63) is 35.4 Å². The zero-order valence-corrected chi connectivity index (χ0v) is 17.3. The van der Waals surface area contributed by atoms with Crippen LogP contribution in [0.5, 0.6) is 11.5 Å². The number of aromatic amines is 1. The van der Waals surface area contributed by atoms with Crippen molar-refractivity contribution in [1.29, 1.82) is 0 Å². The Bertz CT molecular complexity index is 836. The fraction of sp³-hybridized carbons (Fsp3) is 0.591. The molecular weight excluding hydrogens is 368 g/mol. The van der Waals surface area contributed by atoms with Gasteiger partial charge in [0.2, 0.25) is 0 Å². The third-order valence-corrected chi connectivity index (χ3v) is 6.04. The third-order valence-electron chi connectivity index (χ3n) is 6.04. The van der Waals surface area contributed by atoms with Crippen molar-refractivity contribution in [2.45, 2.75) is 63.9 Å². The fourth-order valence-corrected chi connectivity index (χ4v) is 4.26. The van der Waals surface area contributed by atoms with Gasteiger partial charge in [-0.1, -0.05) is 6.92 Å². The lowest BCUT2D eigenvalue weighted by Crippen LogP contribution is -2.38. The number of nitrogens with zero attached hydrogens (tertiary/aromatic N) is 3. The normalized spacial score (nSPS) is 18.2. The highest BCUT2D eigenvalue weighted by Gasteiger charge is 2.27. The van der Waals surface area contributed by atoms with Crippen LogP contribution in [0.1, 0.15) is 73.4 Å². The topological polar surface area (TPSA) is 80.3 Å². The molecule has 0 atom stereocenters. The maximum absolute atomic E-state index is 13.1. The second-order valence-electron chi connectivity index (χ2n) is 7.95. The molecule has 2 aliphatic rings. The van der Waals surface area contributed by atoms with Gasteiger partial charge in [0.1, 0.15) is 5.82 Å². The summed E-state index contributed by atoms with van der Waals surface area (Å²) in [6.45, 7) is 3.49. The van der Waals surface area contributed by atoms with Crippen LogP contribution in [0, 0.1) is 0 Å². The Kier molecular flexibility index (Phi) is 6.02. The van der Waals surface area contributed by atoms with Crippen molar-refractivity contribution in [3.63, 3.8) is 0 Å². The van der Waals surface area contributed by atoms with Crippen LogP contribution in [-0.2, 0) is 6.42 Å². The Balaban J connectivity index is 1.41. The number of carbonyl (C=O) groups is 1. The van der Waals surface area contributed by atoms with Gasteiger partial charge in [-0.15, -0.1) is 0 Å². The summed E-state index contributed by atoms with van der Waals surface area (Å²) in [6.07, 6.45) is 7.37. The molecule has 1 saturated heterocycles. The first kappa shape index (κ1) is 19.7. The predicted molar refractivity (Wildman–Crippen MR) is 110 cm³/mol. The van der Waals surface area contributed by atoms with E-state index in [0.717, 1.165) is 43.8 Å². The molecule has 1 aromatic carbocycles. The van der Waals surface area contributed by atoms with Gasteiger partial charge in [-0.25, -0.2) is 4.98 Å². The first-order valence-corrected chi connectivity index (χ1v) is 10.7. The summed E-state index contributed by atoms with van der Waals surface area (Å²) >= 11 is 0. The van der Waals surface area contributed by atoms with Gasteiger partial charge in [0.05, 0.1) is 13.2 Å². The molecule has 1 aliphatic heterocycles. The van der Waals surface area contributed by atoms with Crippen LogP contribution in [0.2, 0.25) is 0 Å². The van der Waals surface area contributed by atoms with Crippen LogP contribution in [-0.4, -0.2) is 52.3 Å². The number of H-pyrrole nitrogens is 1. The molecule has 1 aromatic heterocycles. The Morgan fingerprint density at radius 1 is 1.17 bits per heavy atom. The average Bonchev–Trinajstić information content (AvgIpc) is 3.45. The number of rotatable bonds is 6. The number of likely N-dealkylation sites (tertiary alicyclic amines) is 1. The molecule has 7 nitrogen and oxygen atoms in total. The molecule has 29 heavy (non-hydrogen) atoms. The summed E-state index contributed by atoms with van der Waals surface area (Å²) in [5.41, 5.74) is 0.656. The van der Waals surface area contributed by atoms with Crippen LogP contribution in [0.15, 0.2) is 18.2 Å². The van der Waals surface area contributed by atoms with E-state index >= 15 is 0 Å². The molecule has 2 heterocycles. The molecule has 7 heteroatoms. The van der Waals surface area contributed by atoms with Gasteiger partial charge in [0, 0.05) is 31.0 Å². The second kappa shape index (κ2) is 8.84. The van der Waals surface area contributed by atoms with E-state index in [4.69, 9.17) is 9.47 Å².